The Hall–Kier alpha value is -0.740. The van der Waals surface area contributed by atoms with E-state index < -0.39 is 0 Å². The second-order valence-corrected chi connectivity index (χ2v) is 5.83. The topological polar surface area (TPSA) is 29.3 Å². The number of nitrogens with two attached hydrogens (primary N) is 1. The summed E-state index contributed by atoms with van der Waals surface area (Å²) in [6, 6.07) is 6.26. The number of thioether (sulfide) groups is 1. The van der Waals surface area contributed by atoms with Crippen LogP contribution >= 0.6 is 24.0 Å². The Morgan fingerprint density at radius 1 is 1.53 bits per heavy atom. The van der Waals surface area contributed by atoms with Gasteiger partial charge in [0.15, 0.2) is 0 Å². The highest BCUT2D eigenvalue weighted by atomic mass is 32.2. The van der Waals surface area contributed by atoms with Crippen molar-refractivity contribution in [2.24, 2.45) is 11.7 Å². The summed E-state index contributed by atoms with van der Waals surface area (Å²) < 4.78 is 0. The number of benzene rings is 1. The average molecular weight is 266 g/mol. The zero-order valence-corrected chi connectivity index (χ0v) is 11.9. The minimum Gasteiger partial charge on any atom is -0.389 e. The summed E-state index contributed by atoms with van der Waals surface area (Å²) in [6.07, 6.45) is 4.77. The van der Waals surface area contributed by atoms with Crippen molar-refractivity contribution >= 4 is 34.7 Å². The van der Waals surface area contributed by atoms with Gasteiger partial charge in [-0.2, -0.15) is 0 Å². The molecule has 0 atom stereocenters. The molecule has 1 aromatic rings. The Labute approximate surface area is 113 Å². The lowest BCUT2D eigenvalue weighted by molar-refractivity contribution is 0.786. The lowest BCUT2D eigenvalue weighted by Crippen LogP contribution is -2.24. The van der Waals surface area contributed by atoms with Gasteiger partial charge in [-0.1, -0.05) is 18.3 Å². The highest BCUT2D eigenvalue weighted by molar-refractivity contribution is 7.98. The molecular weight excluding hydrogens is 248 g/mol. The molecule has 1 aliphatic carbocycles. The molecule has 1 fully saturated rings. The van der Waals surface area contributed by atoms with Crippen molar-refractivity contribution < 1.29 is 0 Å². The SMILES string of the molecule is CSc1cccc(N(C)CC2CC2)c1C(N)=S. The van der Waals surface area contributed by atoms with Crippen LogP contribution in [0.3, 0.4) is 0 Å². The number of thiocarbonyl (C=S) groups is 1. The molecule has 0 bridgehead atoms. The molecule has 0 amide bonds. The molecule has 0 heterocycles. The maximum absolute atomic E-state index is 5.87. The zero-order valence-electron chi connectivity index (χ0n) is 10.3. The van der Waals surface area contributed by atoms with Crippen molar-refractivity contribution in [1.29, 1.82) is 0 Å². The summed E-state index contributed by atoms with van der Waals surface area (Å²) in [5, 5.41) is 0. The van der Waals surface area contributed by atoms with Crippen LogP contribution in [-0.4, -0.2) is 24.8 Å². The maximum Gasteiger partial charge on any atom is 0.107 e. The van der Waals surface area contributed by atoms with Crippen molar-refractivity contribution in [3.63, 3.8) is 0 Å². The quantitative estimate of drug-likeness (QED) is 0.655. The Morgan fingerprint density at radius 3 is 2.76 bits per heavy atom. The third kappa shape index (κ3) is 2.93. The number of hydrogen-bond acceptors (Lipinski definition) is 3. The summed E-state index contributed by atoms with van der Waals surface area (Å²) >= 11 is 6.89. The summed E-state index contributed by atoms with van der Waals surface area (Å²) in [5.74, 6) is 0.858. The molecule has 17 heavy (non-hydrogen) atoms. The first-order valence-electron chi connectivity index (χ1n) is 5.81. The smallest absolute Gasteiger partial charge is 0.107 e. The second-order valence-electron chi connectivity index (χ2n) is 4.54. The van der Waals surface area contributed by atoms with E-state index in [0.717, 1.165) is 28.6 Å². The van der Waals surface area contributed by atoms with Gasteiger partial charge in [0.2, 0.25) is 0 Å². The lowest BCUT2D eigenvalue weighted by Gasteiger charge is -2.23. The Kier molecular flexibility index (Phi) is 3.94. The highest BCUT2D eigenvalue weighted by Crippen LogP contribution is 2.34. The fourth-order valence-electron chi connectivity index (χ4n) is 2.04. The van der Waals surface area contributed by atoms with Gasteiger partial charge in [0.1, 0.15) is 4.99 Å². The van der Waals surface area contributed by atoms with E-state index in [9.17, 15) is 0 Å². The molecule has 1 saturated carbocycles. The minimum absolute atomic E-state index is 0.493. The molecule has 0 saturated heterocycles. The van der Waals surface area contributed by atoms with Gasteiger partial charge in [0.25, 0.3) is 0 Å². The van der Waals surface area contributed by atoms with Crippen molar-refractivity contribution in [2.75, 3.05) is 24.7 Å². The first-order valence-corrected chi connectivity index (χ1v) is 7.44. The number of rotatable bonds is 5. The Balaban J connectivity index is 2.33. The molecule has 1 aromatic carbocycles. The van der Waals surface area contributed by atoms with Gasteiger partial charge < -0.3 is 10.6 Å². The standard InChI is InChI=1S/C13H18N2S2/c1-15(8-9-6-7-9)10-4-3-5-11(17-2)12(10)13(14)16/h3-5,9H,6-8H2,1-2H3,(H2,14,16). The van der Waals surface area contributed by atoms with E-state index in [0.29, 0.717) is 4.99 Å². The van der Waals surface area contributed by atoms with E-state index in [4.69, 9.17) is 18.0 Å². The number of anilines is 1. The lowest BCUT2D eigenvalue weighted by atomic mass is 10.1. The molecule has 0 aromatic heterocycles. The first kappa shape index (κ1) is 12.7. The van der Waals surface area contributed by atoms with Crippen LogP contribution in [0.1, 0.15) is 18.4 Å². The van der Waals surface area contributed by atoms with E-state index in [1.807, 2.05) is 0 Å². The Bertz CT molecular complexity index is 427. The summed E-state index contributed by atoms with van der Waals surface area (Å²) in [6.45, 7) is 1.10. The molecule has 0 spiro atoms. The van der Waals surface area contributed by atoms with E-state index in [1.54, 1.807) is 11.8 Å². The zero-order chi connectivity index (χ0) is 12.4. The van der Waals surface area contributed by atoms with Crippen LogP contribution < -0.4 is 10.6 Å². The van der Waals surface area contributed by atoms with Gasteiger partial charge in [-0.15, -0.1) is 11.8 Å². The van der Waals surface area contributed by atoms with Crippen molar-refractivity contribution in [2.45, 2.75) is 17.7 Å². The van der Waals surface area contributed by atoms with Crippen LogP contribution in [0.5, 0.6) is 0 Å². The summed E-state index contributed by atoms with van der Waals surface area (Å²) in [5.41, 5.74) is 8.06. The van der Waals surface area contributed by atoms with E-state index >= 15 is 0 Å². The molecule has 92 valence electrons. The van der Waals surface area contributed by atoms with Gasteiger partial charge in [0, 0.05) is 29.7 Å². The van der Waals surface area contributed by atoms with Gasteiger partial charge in [-0.05, 0) is 37.1 Å². The largest absolute Gasteiger partial charge is 0.389 e. The minimum atomic E-state index is 0.493. The Morgan fingerprint density at radius 2 is 2.24 bits per heavy atom. The molecule has 0 aliphatic heterocycles. The third-order valence-electron chi connectivity index (χ3n) is 3.11. The van der Waals surface area contributed by atoms with Crippen LogP contribution in [0, 0.1) is 5.92 Å². The normalized spacial score (nSPS) is 14.7. The predicted octanol–water partition coefficient (Wildman–Crippen LogP) is 2.89. The summed E-state index contributed by atoms with van der Waals surface area (Å²) in [4.78, 5) is 3.94. The third-order valence-corrected chi connectivity index (χ3v) is 4.09. The molecule has 0 unspecified atom stereocenters. The number of nitrogens with zero attached hydrogens (tertiary/aromatic N) is 1. The van der Waals surface area contributed by atoms with E-state index in [1.165, 1.54) is 12.8 Å². The fourth-order valence-corrected chi connectivity index (χ4v) is 2.95. The highest BCUT2D eigenvalue weighted by Gasteiger charge is 2.24. The van der Waals surface area contributed by atoms with Gasteiger partial charge in [-0.3, -0.25) is 0 Å². The molecular formula is C13H18N2S2. The van der Waals surface area contributed by atoms with Gasteiger partial charge in [0.05, 0.1) is 0 Å². The fraction of sp³-hybridized carbons (Fsp3) is 0.462. The maximum atomic E-state index is 5.87. The summed E-state index contributed by atoms with van der Waals surface area (Å²) in [7, 11) is 2.12. The second kappa shape index (κ2) is 5.27. The van der Waals surface area contributed by atoms with Crippen molar-refractivity contribution in [3.05, 3.63) is 23.8 Å². The molecule has 2 rings (SSSR count). The first-order chi connectivity index (χ1) is 8.13. The van der Waals surface area contributed by atoms with E-state index in [-0.39, 0.29) is 0 Å². The average Bonchev–Trinajstić information content (AvgIpc) is 3.11. The van der Waals surface area contributed by atoms with Crippen LogP contribution in [0.2, 0.25) is 0 Å². The monoisotopic (exact) mass is 266 g/mol. The van der Waals surface area contributed by atoms with Gasteiger partial charge in [-0.25, -0.2) is 0 Å². The molecule has 1 aliphatic rings. The van der Waals surface area contributed by atoms with Crippen molar-refractivity contribution in [3.8, 4) is 0 Å². The van der Waals surface area contributed by atoms with Gasteiger partial charge >= 0.3 is 0 Å². The van der Waals surface area contributed by atoms with Crippen LogP contribution in [0.4, 0.5) is 5.69 Å². The molecule has 4 heteroatoms. The van der Waals surface area contributed by atoms with Crippen LogP contribution in [0.25, 0.3) is 0 Å². The molecule has 2 N–H and O–H groups in total. The molecule has 2 nitrogen and oxygen atoms in total. The van der Waals surface area contributed by atoms with Crippen LogP contribution in [0.15, 0.2) is 23.1 Å². The van der Waals surface area contributed by atoms with E-state index in [2.05, 4.69) is 36.4 Å². The van der Waals surface area contributed by atoms with Crippen molar-refractivity contribution in [1.82, 2.24) is 0 Å². The predicted molar refractivity (Wildman–Crippen MR) is 80.1 cm³/mol. The van der Waals surface area contributed by atoms with Crippen LogP contribution in [-0.2, 0) is 0 Å². The number of hydrogen-bond donors (Lipinski definition) is 1. The molecule has 0 radical (unpaired) electrons.